The number of nitrogens with zero attached hydrogens (tertiary/aromatic N) is 5. The lowest BCUT2D eigenvalue weighted by atomic mass is 9.95. The minimum atomic E-state index is -0.734. The first-order valence-electron chi connectivity index (χ1n) is 15.3. The van der Waals surface area contributed by atoms with Crippen molar-refractivity contribution in [1.29, 1.82) is 0 Å². The fourth-order valence-corrected chi connectivity index (χ4v) is 6.91. The summed E-state index contributed by atoms with van der Waals surface area (Å²) in [5, 5.41) is 3.85. The van der Waals surface area contributed by atoms with Crippen LogP contribution in [0.25, 0.3) is 0 Å². The van der Waals surface area contributed by atoms with E-state index in [9.17, 15) is 9.59 Å². The Labute approximate surface area is 273 Å². The standard InChI is InChI=1S/C33H42BrClN6O3/c1-21(2)27(40-13-12-36-20-40)10-11-37-31(42)28-19-39(14-15-41(28)32(43)44-33(3,4)5)30-26-9-8-25(35)17-22(26)6-7-23-16-24(34)18-38-29(23)30/h8-9,12-13,16-18,20-21,27-28,30H,6-7,10-11,14-15,19H2,1-5H3,(H,37,42)/t27?,28-,30?/m1/s1. The molecule has 1 fully saturated rings. The number of nitrogens with one attached hydrogen (secondary N) is 1. The number of aromatic nitrogens is 3. The lowest BCUT2D eigenvalue weighted by Gasteiger charge is -2.44. The van der Waals surface area contributed by atoms with Crippen molar-refractivity contribution in [2.75, 3.05) is 26.2 Å². The fraction of sp³-hybridized carbons (Fsp3) is 0.515. The van der Waals surface area contributed by atoms with Crippen molar-refractivity contribution < 1.29 is 14.3 Å². The Hall–Kier alpha value is -2.95. The summed E-state index contributed by atoms with van der Waals surface area (Å²) in [7, 11) is 0. The van der Waals surface area contributed by atoms with E-state index < -0.39 is 17.7 Å². The van der Waals surface area contributed by atoms with Crippen LogP contribution in [0.15, 0.2) is 53.7 Å². The molecule has 0 bridgehead atoms. The second-order valence-corrected chi connectivity index (χ2v) is 14.4. The van der Waals surface area contributed by atoms with Crippen molar-refractivity contribution in [1.82, 2.24) is 29.7 Å². The van der Waals surface area contributed by atoms with Crippen LogP contribution in [0.3, 0.4) is 0 Å². The molecule has 3 heterocycles. The predicted molar refractivity (Wildman–Crippen MR) is 175 cm³/mol. The lowest BCUT2D eigenvalue weighted by Crippen LogP contribution is -2.61. The molecule has 1 aliphatic carbocycles. The zero-order valence-corrected chi connectivity index (χ0v) is 28.4. The van der Waals surface area contributed by atoms with E-state index in [0.717, 1.165) is 40.6 Å². The third kappa shape index (κ3) is 7.46. The van der Waals surface area contributed by atoms with Gasteiger partial charge >= 0.3 is 6.09 Å². The van der Waals surface area contributed by atoms with Gasteiger partial charge in [0.05, 0.1) is 18.1 Å². The smallest absolute Gasteiger partial charge is 0.411 e. The Morgan fingerprint density at radius 3 is 2.64 bits per heavy atom. The normalized spacial score (nSPS) is 19.6. The first-order chi connectivity index (χ1) is 20.9. The van der Waals surface area contributed by atoms with E-state index in [1.165, 1.54) is 5.56 Å². The fourth-order valence-electron chi connectivity index (χ4n) is 6.34. The number of carbonyl (C=O) groups excluding carboxylic acids is 2. The first-order valence-corrected chi connectivity index (χ1v) is 16.5. The second kappa shape index (κ2) is 13.6. The van der Waals surface area contributed by atoms with Gasteiger partial charge in [-0.2, -0.15) is 0 Å². The summed E-state index contributed by atoms with van der Waals surface area (Å²) in [6, 6.07) is 7.45. The molecule has 236 valence electrons. The highest BCUT2D eigenvalue weighted by Gasteiger charge is 2.41. The van der Waals surface area contributed by atoms with E-state index in [1.54, 1.807) is 11.1 Å². The van der Waals surface area contributed by atoms with Gasteiger partial charge < -0.3 is 14.6 Å². The van der Waals surface area contributed by atoms with Crippen molar-refractivity contribution in [3.05, 3.63) is 81.1 Å². The lowest BCUT2D eigenvalue weighted by molar-refractivity contribution is -0.129. The Morgan fingerprint density at radius 2 is 1.93 bits per heavy atom. The van der Waals surface area contributed by atoms with Gasteiger partial charge in [-0.1, -0.05) is 31.5 Å². The number of imidazole rings is 1. The first kappa shape index (κ1) is 32.4. The Bertz CT molecular complexity index is 1420. The third-order valence-electron chi connectivity index (χ3n) is 8.41. The number of carbonyl (C=O) groups is 2. The van der Waals surface area contributed by atoms with Crippen LogP contribution in [-0.2, 0) is 22.4 Å². The van der Waals surface area contributed by atoms with Crippen LogP contribution in [0.5, 0.6) is 0 Å². The highest BCUT2D eigenvalue weighted by Crippen LogP contribution is 2.38. The number of fused-ring (bicyclic) bond motifs is 2. The molecule has 0 radical (unpaired) electrons. The van der Waals surface area contributed by atoms with Gasteiger partial charge in [0, 0.05) is 60.3 Å². The molecule has 5 rings (SSSR count). The van der Waals surface area contributed by atoms with Crippen LogP contribution >= 0.6 is 27.5 Å². The quantitative estimate of drug-likeness (QED) is 0.318. The number of piperazine rings is 1. The van der Waals surface area contributed by atoms with Crippen LogP contribution < -0.4 is 5.32 Å². The summed E-state index contributed by atoms with van der Waals surface area (Å²) in [6.45, 7) is 11.6. The van der Waals surface area contributed by atoms with Gasteiger partial charge in [0.15, 0.2) is 0 Å². The average molecular weight is 686 g/mol. The molecule has 0 saturated carbocycles. The number of ether oxygens (including phenoxy) is 1. The molecule has 44 heavy (non-hydrogen) atoms. The van der Waals surface area contributed by atoms with Gasteiger partial charge in [-0.15, -0.1) is 0 Å². The molecule has 2 aromatic heterocycles. The molecule has 3 atom stereocenters. The SMILES string of the molecule is CC(C)C(CCNC(=O)[C@H]1CN(C2c3ccc(Cl)cc3CCc3cc(Br)cnc32)CCN1C(=O)OC(C)(C)C)n1ccnc1. The zero-order valence-electron chi connectivity index (χ0n) is 26.1. The van der Waals surface area contributed by atoms with E-state index in [0.29, 0.717) is 37.1 Å². The van der Waals surface area contributed by atoms with E-state index >= 15 is 0 Å². The van der Waals surface area contributed by atoms with Gasteiger partial charge in [-0.05, 0) is 96.8 Å². The van der Waals surface area contributed by atoms with Gasteiger partial charge in [0.1, 0.15) is 11.6 Å². The van der Waals surface area contributed by atoms with Gasteiger partial charge in [0.25, 0.3) is 0 Å². The largest absolute Gasteiger partial charge is 0.444 e. The maximum atomic E-state index is 13.9. The molecular formula is C33H42BrClN6O3. The predicted octanol–water partition coefficient (Wildman–Crippen LogP) is 6.21. The highest BCUT2D eigenvalue weighted by molar-refractivity contribution is 9.10. The summed E-state index contributed by atoms with van der Waals surface area (Å²) in [4.78, 5) is 40.3. The number of aryl methyl sites for hydroxylation is 2. The minimum Gasteiger partial charge on any atom is -0.444 e. The molecule has 0 spiro atoms. The number of hydrogen-bond donors (Lipinski definition) is 1. The Morgan fingerprint density at radius 1 is 1.16 bits per heavy atom. The number of amides is 2. The Balaban J connectivity index is 1.43. The number of benzene rings is 1. The highest BCUT2D eigenvalue weighted by atomic mass is 79.9. The molecular weight excluding hydrogens is 644 g/mol. The topological polar surface area (TPSA) is 92.6 Å². The molecule has 2 amide bonds. The molecule has 1 aromatic carbocycles. The summed E-state index contributed by atoms with van der Waals surface area (Å²) >= 11 is 10.0. The number of halogens is 2. The molecule has 1 N–H and O–H groups in total. The van der Waals surface area contributed by atoms with Gasteiger partial charge in [-0.3, -0.25) is 19.6 Å². The summed E-state index contributed by atoms with van der Waals surface area (Å²) in [5.74, 6) is 0.170. The van der Waals surface area contributed by atoms with Crippen molar-refractivity contribution in [3.8, 4) is 0 Å². The third-order valence-corrected chi connectivity index (χ3v) is 9.08. The van der Waals surface area contributed by atoms with Crippen molar-refractivity contribution in [2.24, 2.45) is 5.92 Å². The van der Waals surface area contributed by atoms with Gasteiger partial charge in [-0.25, -0.2) is 9.78 Å². The summed E-state index contributed by atoms with van der Waals surface area (Å²) in [5.41, 5.74) is 3.76. The zero-order chi connectivity index (χ0) is 31.6. The number of hydrogen-bond acceptors (Lipinski definition) is 6. The van der Waals surface area contributed by atoms with Gasteiger partial charge in [0.2, 0.25) is 5.91 Å². The van der Waals surface area contributed by atoms with Crippen LogP contribution in [0.2, 0.25) is 5.02 Å². The molecule has 2 aliphatic rings. The van der Waals surface area contributed by atoms with Crippen LogP contribution in [0.4, 0.5) is 4.79 Å². The minimum absolute atomic E-state index is 0.185. The van der Waals surface area contributed by atoms with Crippen LogP contribution in [-0.4, -0.2) is 74.2 Å². The van der Waals surface area contributed by atoms with Crippen molar-refractivity contribution >= 4 is 39.5 Å². The van der Waals surface area contributed by atoms with Crippen LogP contribution in [0, 0.1) is 5.92 Å². The molecule has 3 aromatic rings. The van der Waals surface area contributed by atoms with E-state index in [-0.39, 0.29) is 18.0 Å². The maximum Gasteiger partial charge on any atom is 0.411 e. The van der Waals surface area contributed by atoms with Crippen LogP contribution in [0.1, 0.15) is 75.5 Å². The van der Waals surface area contributed by atoms with E-state index in [4.69, 9.17) is 21.3 Å². The summed E-state index contributed by atoms with van der Waals surface area (Å²) < 4.78 is 8.79. The molecule has 11 heteroatoms. The maximum absolute atomic E-state index is 13.9. The van der Waals surface area contributed by atoms with Crippen molar-refractivity contribution in [2.45, 2.75) is 77.6 Å². The van der Waals surface area contributed by atoms with Crippen molar-refractivity contribution in [3.63, 3.8) is 0 Å². The molecule has 9 nitrogen and oxygen atoms in total. The molecule has 2 unspecified atom stereocenters. The Kier molecular flexibility index (Phi) is 10.0. The molecule has 1 saturated heterocycles. The van der Waals surface area contributed by atoms with E-state index in [2.05, 4.69) is 61.7 Å². The average Bonchev–Trinajstić information content (AvgIpc) is 3.44. The number of rotatable bonds is 7. The summed E-state index contributed by atoms with van der Waals surface area (Å²) in [6.07, 6.45) is 9.32. The van der Waals surface area contributed by atoms with E-state index in [1.807, 2.05) is 51.6 Å². The monoisotopic (exact) mass is 684 g/mol. The number of pyridine rings is 1. The second-order valence-electron chi connectivity index (χ2n) is 13.0. The molecule has 1 aliphatic heterocycles.